The molecule has 0 radical (unpaired) electrons. The van der Waals surface area contributed by atoms with E-state index >= 15 is 0 Å². The molecule has 3 atom stereocenters. The molecule has 0 aromatic heterocycles. The lowest BCUT2D eigenvalue weighted by Crippen LogP contribution is -2.40. The first-order valence-corrected chi connectivity index (χ1v) is 9.15. The molecule has 116 valence electrons. The van der Waals surface area contributed by atoms with Gasteiger partial charge in [-0.2, -0.15) is 0 Å². The fraction of sp³-hybridized carbons (Fsp3) is 0.600. The molecule has 2 saturated carbocycles. The zero-order valence-corrected chi connectivity index (χ0v) is 12.8. The molecule has 3 unspecified atom stereocenters. The first kappa shape index (κ1) is 14.7. The molecule has 1 aromatic carbocycles. The molecule has 5 nitrogen and oxygen atoms in total. The second-order valence-electron chi connectivity index (χ2n) is 6.14. The second kappa shape index (κ2) is 5.85. The van der Waals surface area contributed by atoms with Gasteiger partial charge in [0.05, 0.1) is 5.75 Å². The fourth-order valence-corrected chi connectivity index (χ4v) is 4.68. The molecule has 3 rings (SSSR count). The highest BCUT2D eigenvalue weighted by molar-refractivity contribution is 7.89. The molecule has 2 bridgehead atoms. The van der Waals surface area contributed by atoms with E-state index < -0.39 is 10.0 Å². The van der Waals surface area contributed by atoms with Crippen molar-refractivity contribution in [1.29, 1.82) is 0 Å². The number of ether oxygens (including phenoxy) is 1. The number of benzene rings is 1. The van der Waals surface area contributed by atoms with Crippen molar-refractivity contribution < 1.29 is 13.2 Å². The molecule has 3 N–H and O–H groups in total. The zero-order valence-electron chi connectivity index (χ0n) is 12.0. The van der Waals surface area contributed by atoms with Crippen LogP contribution in [0.4, 0.5) is 5.69 Å². The Bertz CT molecular complexity index is 585. The summed E-state index contributed by atoms with van der Waals surface area (Å²) in [5.74, 6) is 1.90. The van der Waals surface area contributed by atoms with Gasteiger partial charge in [0.15, 0.2) is 0 Å². The van der Waals surface area contributed by atoms with E-state index in [0.29, 0.717) is 17.4 Å². The highest BCUT2D eigenvalue weighted by Gasteiger charge is 2.40. The molecular formula is C15H22N2O3S. The number of rotatable bonds is 6. The van der Waals surface area contributed by atoms with Crippen molar-refractivity contribution in [2.45, 2.75) is 31.7 Å². The maximum absolute atomic E-state index is 12.1. The standard InChI is InChI=1S/C15H22N2O3S/c16-13-3-5-14(6-4-13)20-7-8-21(18,19)17-15-10-11-1-2-12(15)9-11/h3-6,11-12,15,17H,1-2,7-10,16H2. The highest BCUT2D eigenvalue weighted by atomic mass is 32.2. The Kier molecular flexibility index (Phi) is 4.08. The number of fused-ring (bicyclic) bond motifs is 2. The van der Waals surface area contributed by atoms with Crippen LogP contribution in [-0.2, 0) is 10.0 Å². The van der Waals surface area contributed by atoms with Crippen LogP contribution in [0.15, 0.2) is 24.3 Å². The molecule has 6 heteroatoms. The minimum atomic E-state index is -3.27. The van der Waals surface area contributed by atoms with Crippen molar-refractivity contribution in [3.63, 3.8) is 0 Å². The summed E-state index contributed by atoms with van der Waals surface area (Å²) in [7, 11) is -3.27. The molecule has 0 heterocycles. The first-order chi connectivity index (χ1) is 10.0. The molecular weight excluding hydrogens is 288 g/mol. The number of nitrogens with one attached hydrogen (secondary N) is 1. The van der Waals surface area contributed by atoms with Crippen LogP contribution in [0.1, 0.15) is 25.7 Å². The average Bonchev–Trinajstić information content (AvgIpc) is 3.02. The van der Waals surface area contributed by atoms with E-state index in [4.69, 9.17) is 10.5 Å². The smallest absolute Gasteiger partial charge is 0.215 e. The van der Waals surface area contributed by atoms with Crippen LogP contribution in [0.5, 0.6) is 5.75 Å². The Hall–Kier alpha value is -1.27. The number of hydrogen-bond donors (Lipinski definition) is 2. The Morgan fingerprint density at radius 2 is 1.95 bits per heavy atom. The van der Waals surface area contributed by atoms with Gasteiger partial charge in [0.2, 0.25) is 10.0 Å². The predicted octanol–water partition coefficient (Wildman–Crippen LogP) is 1.76. The predicted molar refractivity (Wildman–Crippen MR) is 82.5 cm³/mol. The molecule has 0 aliphatic heterocycles. The topological polar surface area (TPSA) is 81.4 Å². The highest BCUT2D eigenvalue weighted by Crippen LogP contribution is 2.44. The normalized spacial score (nSPS) is 27.9. The summed E-state index contributed by atoms with van der Waals surface area (Å²) in [6, 6.07) is 7.09. The third-order valence-electron chi connectivity index (χ3n) is 4.57. The first-order valence-electron chi connectivity index (χ1n) is 7.50. The van der Waals surface area contributed by atoms with Crippen molar-refractivity contribution in [3.8, 4) is 5.75 Å². The summed E-state index contributed by atoms with van der Waals surface area (Å²) in [6.07, 6.45) is 4.63. The fourth-order valence-electron chi connectivity index (χ4n) is 3.51. The lowest BCUT2D eigenvalue weighted by molar-refractivity contribution is 0.338. The van der Waals surface area contributed by atoms with Crippen LogP contribution in [0.2, 0.25) is 0 Å². The summed E-state index contributed by atoms with van der Waals surface area (Å²) in [5.41, 5.74) is 6.24. The summed E-state index contributed by atoms with van der Waals surface area (Å²) < 4.78 is 32.5. The van der Waals surface area contributed by atoms with Gasteiger partial charge in [0.1, 0.15) is 12.4 Å². The minimum absolute atomic E-state index is 0.00867. The van der Waals surface area contributed by atoms with Crippen molar-refractivity contribution in [2.24, 2.45) is 11.8 Å². The van der Waals surface area contributed by atoms with Gasteiger partial charge in [-0.15, -0.1) is 0 Å². The zero-order chi connectivity index (χ0) is 14.9. The van der Waals surface area contributed by atoms with Gasteiger partial charge in [-0.25, -0.2) is 13.1 Å². The van der Waals surface area contributed by atoms with Crippen LogP contribution in [-0.4, -0.2) is 26.8 Å². The molecule has 0 spiro atoms. The molecule has 21 heavy (non-hydrogen) atoms. The van der Waals surface area contributed by atoms with Crippen LogP contribution in [0.25, 0.3) is 0 Å². The SMILES string of the molecule is Nc1ccc(OCCS(=O)(=O)NC2CC3CCC2C3)cc1. The Balaban J connectivity index is 1.46. The van der Waals surface area contributed by atoms with Gasteiger partial charge in [-0.3, -0.25) is 0 Å². The Morgan fingerprint density at radius 1 is 1.19 bits per heavy atom. The number of sulfonamides is 1. The second-order valence-corrected chi connectivity index (χ2v) is 8.01. The van der Waals surface area contributed by atoms with Crippen LogP contribution in [0.3, 0.4) is 0 Å². The molecule has 0 amide bonds. The lowest BCUT2D eigenvalue weighted by atomic mass is 9.96. The monoisotopic (exact) mass is 310 g/mol. The van der Waals surface area contributed by atoms with E-state index in [1.54, 1.807) is 24.3 Å². The van der Waals surface area contributed by atoms with E-state index in [-0.39, 0.29) is 18.4 Å². The molecule has 1 aromatic rings. The van der Waals surface area contributed by atoms with Gasteiger partial charge in [0.25, 0.3) is 0 Å². The summed E-state index contributed by atoms with van der Waals surface area (Å²) in [5, 5.41) is 0. The van der Waals surface area contributed by atoms with E-state index in [0.717, 1.165) is 12.3 Å². The van der Waals surface area contributed by atoms with Crippen LogP contribution in [0, 0.1) is 11.8 Å². The summed E-state index contributed by atoms with van der Waals surface area (Å²) in [6.45, 7) is 0.153. The number of nitrogen functional groups attached to an aromatic ring is 1. The average molecular weight is 310 g/mol. The Labute approximate surface area is 125 Å². The largest absolute Gasteiger partial charge is 0.492 e. The van der Waals surface area contributed by atoms with Gasteiger partial charge >= 0.3 is 0 Å². The quantitative estimate of drug-likeness (QED) is 0.784. The minimum Gasteiger partial charge on any atom is -0.492 e. The van der Waals surface area contributed by atoms with Gasteiger partial charge in [-0.05, 0) is 55.4 Å². The van der Waals surface area contributed by atoms with Gasteiger partial charge in [0, 0.05) is 11.7 Å². The molecule has 2 aliphatic carbocycles. The molecule has 2 fully saturated rings. The van der Waals surface area contributed by atoms with Crippen molar-refractivity contribution >= 4 is 15.7 Å². The van der Waals surface area contributed by atoms with Gasteiger partial charge < -0.3 is 10.5 Å². The van der Waals surface area contributed by atoms with Gasteiger partial charge in [-0.1, -0.05) is 6.42 Å². The van der Waals surface area contributed by atoms with E-state index in [2.05, 4.69) is 4.72 Å². The van der Waals surface area contributed by atoms with Crippen molar-refractivity contribution in [2.75, 3.05) is 18.1 Å². The van der Waals surface area contributed by atoms with Crippen molar-refractivity contribution in [3.05, 3.63) is 24.3 Å². The van der Waals surface area contributed by atoms with Crippen LogP contribution < -0.4 is 15.2 Å². The number of anilines is 1. The van der Waals surface area contributed by atoms with E-state index in [1.165, 1.54) is 19.3 Å². The molecule has 0 saturated heterocycles. The van der Waals surface area contributed by atoms with E-state index in [1.807, 2.05) is 0 Å². The molecule has 2 aliphatic rings. The number of nitrogens with two attached hydrogens (primary N) is 1. The number of hydrogen-bond acceptors (Lipinski definition) is 4. The summed E-state index contributed by atoms with van der Waals surface area (Å²) in [4.78, 5) is 0. The maximum atomic E-state index is 12.1. The van der Waals surface area contributed by atoms with Crippen molar-refractivity contribution in [1.82, 2.24) is 4.72 Å². The third-order valence-corrected chi connectivity index (χ3v) is 5.94. The third kappa shape index (κ3) is 3.68. The summed E-state index contributed by atoms with van der Waals surface area (Å²) >= 11 is 0. The maximum Gasteiger partial charge on any atom is 0.215 e. The van der Waals surface area contributed by atoms with E-state index in [9.17, 15) is 8.42 Å². The van der Waals surface area contributed by atoms with Crippen LogP contribution >= 0.6 is 0 Å². The lowest BCUT2D eigenvalue weighted by Gasteiger charge is -2.22. The Morgan fingerprint density at radius 3 is 2.57 bits per heavy atom.